The van der Waals surface area contributed by atoms with Gasteiger partial charge in [-0.1, -0.05) is 64.8 Å². The smallest absolute Gasteiger partial charge is 0.0879 e. The van der Waals surface area contributed by atoms with Gasteiger partial charge in [-0.25, -0.2) is 0 Å². The van der Waals surface area contributed by atoms with Crippen molar-refractivity contribution >= 4 is 0 Å². The Morgan fingerprint density at radius 2 is 1.48 bits per heavy atom. The van der Waals surface area contributed by atoms with E-state index in [1.807, 2.05) is 0 Å². The number of rotatable bonds is 10. The maximum atomic E-state index is 6.63. The van der Waals surface area contributed by atoms with E-state index in [0.29, 0.717) is 5.41 Å². The van der Waals surface area contributed by atoms with Crippen LogP contribution in [0.1, 0.15) is 101 Å². The van der Waals surface area contributed by atoms with E-state index < -0.39 is 0 Å². The van der Waals surface area contributed by atoms with Gasteiger partial charge in [-0.15, -0.1) is 0 Å². The highest BCUT2D eigenvalue weighted by Gasteiger charge is 2.36. The second-order valence-electron chi connectivity index (χ2n) is 11.7. The first-order valence-corrected chi connectivity index (χ1v) is 10.7. The minimum absolute atomic E-state index is 0.0871. The van der Waals surface area contributed by atoms with Gasteiger partial charge in [0.1, 0.15) is 0 Å². The highest BCUT2D eigenvalue weighted by atomic mass is 16.5. The van der Waals surface area contributed by atoms with Crippen LogP contribution in [0.3, 0.4) is 0 Å². The summed E-state index contributed by atoms with van der Waals surface area (Å²) in [5.41, 5.74) is 1.49. The molecule has 1 atom stereocenters. The Morgan fingerprint density at radius 1 is 0.926 bits per heavy atom. The fraction of sp³-hybridized carbons (Fsp3) is 0.840. The van der Waals surface area contributed by atoms with Gasteiger partial charge in [0.15, 0.2) is 0 Å². The van der Waals surface area contributed by atoms with E-state index >= 15 is 0 Å². The van der Waals surface area contributed by atoms with E-state index in [2.05, 4.69) is 87.5 Å². The summed E-state index contributed by atoms with van der Waals surface area (Å²) in [5, 5.41) is 0. The van der Waals surface area contributed by atoms with Gasteiger partial charge in [-0.05, 0) is 71.1 Å². The van der Waals surface area contributed by atoms with Gasteiger partial charge in [-0.2, -0.15) is 0 Å². The summed E-state index contributed by atoms with van der Waals surface area (Å²) in [5.74, 6) is 0. The highest BCUT2D eigenvalue weighted by molar-refractivity contribution is 5.28. The summed E-state index contributed by atoms with van der Waals surface area (Å²) in [6, 6.07) is 0. The summed E-state index contributed by atoms with van der Waals surface area (Å²) in [6.07, 6.45) is 12.2. The molecular formula is C25H46O2. The second kappa shape index (κ2) is 8.41. The molecule has 0 spiro atoms. The lowest BCUT2D eigenvalue weighted by Gasteiger charge is -2.42. The van der Waals surface area contributed by atoms with Crippen LogP contribution >= 0.6 is 0 Å². The molecule has 1 rings (SSSR count). The van der Waals surface area contributed by atoms with Crippen molar-refractivity contribution in [1.82, 2.24) is 0 Å². The molecule has 0 fully saturated rings. The van der Waals surface area contributed by atoms with Crippen molar-refractivity contribution in [2.24, 2.45) is 10.8 Å². The predicted molar refractivity (Wildman–Crippen MR) is 118 cm³/mol. The molecule has 1 unspecified atom stereocenters. The molecule has 27 heavy (non-hydrogen) atoms. The van der Waals surface area contributed by atoms with Crippen molar-refractivity contribution in [2.45, 2.75) is 118 Å². The van der Waals surface area contributed by atoms with Crippen molar-refractivity contribution in [2.75, 3.05) is 7.11 Å². The highest BCUT2D eigenvalue weighted by Crippen LogP contribution is 2.40. The maximum Gasteiger partial charge on any atom is 0.0879 e. The molecule has 0 aromatic carbocycles. The van der Waals surface area contributed by atoms with Gasteiger partial charge >= 0.3 is 0 Å². The zero-order valence-corrected chi connectivity index (χ0v) is 20.1. The van der Waals surface area contributed by atoms with Crippen molar-refractivity contribution < 1.29 is 9.47 Å². The fourth-order valence-electron chi connectivity index (χ4n) is 4.74. The van der Waals surface area contributed by atoms with Crippen molar-refractivity contribution in [3.05, 3.63) is 23.8 Å². The number of methoxy groups -OCH3 is 1. The SMILES string of the molecule is CCC(C)(C)CC(C)(C)OC1(C)C=CC(CC(C)(C)CC(C)(C)OC)=CC1. The Kier molecular flexibility index (Phi) is 7.61. The minimum Gasteiger partial charge on any atom is -0.379 e. The third-order valence-electron chi connectivity index (χ3n) is 5.93. The third-order valence-corrected chi connectivity index (χ3v) is 5.93. The van der Waals surface area contributed by atoms with Crippen LogP contribution in [0.5, 0.6) is 0 Å². The van der Waals surface area contributed by atoms with Crippen molar-refractivity contribution in [3.8, 4) is 0 Å². The van der Waals surface area contributed by atoms with E-state index in [-0.39, 0.29) is 22.2 Å². The molecule has 2 nitrogen and oxygen atoms in total. The van der Waals surface area contributed by atoms with Gasteiger partial charge in [0, 0.05) is 7.11 Å². The Balaban J connectivity index is 2.73. The van der Waals surface area contributed by atoms with Crippen molar-refractivity contribution in [1.29, 1.82) is 0 Å². The Labute approximate surface area is 169 Å². The summed E-state index contributed by atoms with van der Waals surface area (Å²) in [7, 11) is 1.81. The molecule has 0 bridgehead atoms. The molecule has 0 radical (unpaired) electrons. The summed E-state index contributed by atoms with van der Waals surface area (Å²) >= 11 is 0. The minimum atomic E-state index is -0.216. The summed E-state index contributed by atoms with van der Waals surface area (Å²) in [4.78, 5) is 0. The Morgan fingerprint density at radius 3 is 1.93 bits per heavy atom. The lowest BCUT2D eigenvalue weighted by Crippen LogP contribution is -2.41. The topological polar surface area (TPSA) is 18.5 Å². The molecule has 0 aromatic rings. The first-order chi connectivity index (χ1) is 12.0. The summed E-state index contributed by atoms with van der Waals surface area (Å²) in [6.45, 7) is 22.6. The van der Waals surface area contributed by atoms with Crippen molar-refractivity contribution in [3.63, 3.8) is 0 Å². The molecule has 0 saturated carbocycles. The van der Waals surface area contributed by atoms with Crippen LogP contribution in [0.25, 0.3) is 0 Å². The molecule has 0 saturated heterocycles. The average molecular weight is 379 g/mol. The number of allylic oxidation sites excluding steroid dienone is 2. The molecule has 2 heteroatoms. The first kappa shape index (κ1) is 24.4. The Bertz CT molecular complexity index is 549. The normalized spacial score (nSPS) is 22.1. The lowest BCUT2D eigenvalue weighted by molar-refractivity contribution is -0.122. The monoisotopic (exact) mass is 378 g/mol. The quantitative estimate of drug-likeness (QED) is 0.392. The van der Waals surface area contributed by atoms with Crippen LogP contribution in [0.4, 0.5) is 0 Å². The number of ether oxygens (including phenoxy) is 2. The molecular weight excluding hydrogens is 332 g/mol. The third kappa shape index (κ3) is 8.52. The first-order valence-electron chi connectivity index (χ1n) is 10.7. The molecule has 158 valence electrons. The maximum absolute atomic E-state index is 6.63. The zero-order valence-electron chi connectivity index (χ0n) is 20.1. The standard InChI is InChI=1S/C25H46O2/c1-12-21(2,3)18-24(8,9)27-25(10)15-13-20(14-16-25)17-22(4,5)19-23(6,7)26-11/h13-15H,12,16-19H2,1-11H3. The van der Waals surface area contributed by atoms with Gasteiger partial charge in [-0.3, -0.25) is 0 Å². The van der Waals surface area contributed by atoms with Gasteiger partial charge in [0.2, 0.25) is 0 Å². The van der Waals surface area contributed by atoms with Crippen LogP contribution in [0.15, 0.2) is 23.8 Å². The molecule has 0 aromatic heterocycles. The number of hydrogen-bond acceptors (Lipinski definition) is 2. The van der Waals surface area contributed by atoms with E-state index in [1.165, 1.54) is 12.0 Å². The second-order valence-corrected chi connectivity index (χ2v) is 11.7. The molecule has 1 aliphatic rings. The lowest BCUT2D eigenvalue weighted by atomic mass is 9.75. The van der Waals surface area contributed by atoms with E-state index in [4.69, 9.17) is 9.47 Å². The predicted octanol–water partition coefficient (Wildman–Crippen LogP) is 7.48. The van der Waals surface area contributed by atoms with Crippen LogP contribution in [0.2, 0.25) is 0 Å². The fourth-order valence-corrected chi connectivity index (χ4v) is 4.74. The molecule has 0 aliphatic heterocycles. The van der Waals surface area contributed by atoms with E-state index in [9.17, 15) is 0 Å². The molecule has 1 aliphatic carbocycles. The van der Waals surface area contributed by atoms with Crippen LogP contribution in [-0.2, 0) is 9.47 Å². The average Bonchev–Trinajstić information content (AvgIpc) is 2.47. The Hall–Kier alpha value is -0.600. The van der Waals surface area contributed by atoms with Crippen LogP contribution < -0.4 is 0 Å². The van der Waals surface area contributed by atoms with Crippen LogP contribution in [-0.4, -0.2) is 23.9 Å². The number of hydrogen-bond donors (Lipinski definition) is 0. The van der Waals surface area contributed by atoms with E-state index in [1.54, 1.807) is 7.11 Å². The molecule has 0 amide bonds. The summed E-state index contributed by atoms with van der Waals surface area (Å²) < 4.78 is 12.3. The zero-order chi connectivity index (χ0) is 21.1. The van der Waals surface area contributed by atoms with Gasteiger partial charge < -0.3 is 9.47 Å². The van der Waals surface area contributed by atoms with Gasteiger partial charge in [0.05, 0.1) is 16.8 Å². The van der Waals surface area contributed by atoms with Gasteiger partial charge in [0.25, 0.3) is 0 Å². The largest absolute Gasteiger partial charge is 0.379 e. The van der Waals surface area contributed by atoms with Crippen LogP contribution in [0, 0.1) is 10.8 Å². The molecule has 0 N–H and O–H groups in total. The molecule has 0 heterocycles. The van der Waals surface area contributed by atoms with E-state index in [0.717, 1.165) is 25.7 Å².